The van der Waals surface area contributed by atoms with E-state index in [-0.39, 0.29) is 12.5 Å². The molecule has 15 heavy (non-hydrogen) atoms. The highest BCUT2D eigenvalue weighted by Gasteiger charge is 2.22. The molecule has 0 unspecified atom stereocenters. The van der Waals surface area contributed by atoms with Crippen LogP contribution in [-0.2, 0) is 4.79 Å². The molecule has 0 aromatic carbocycles. The maximum atomic E-state index is 11.3. The van der Waals surface area contributed by atoms with E-state index in [1.165, 1.54) is 0 Å². The summed E-state index contributed by atoms with van der Waals surface area (Å²) >= 11 is 2.13. The molecule has 1 aromatic rings. The second-order valence-corrected chi connectivity index (χ2v) is 4.67. The molecule has 1 saturated carbocycles. The molecule has 0 atom stereocenters. The third-order valence-corrected chi connectivity index (χ3v) is 2.53. The van der Waals surface area contributed by atoms with Crippen LogP contribution in [0.4, 0.5) is 5.95 Å². The Morgan fingerprint density at radius 1 is 1.47 bits per heavy atom. The van der Waals surface area contributed by atoms with Crippen molar-refractivity contribution in [1.29, 1.82) is 0 Å². The molecule has 5 nitrogen and oxygen atoms in total. The van der Waals surface area contributed by atoms with Crippen molar-refractivity contribution in [2.45, 2.75) is 18.9 Å². The Bertz CT molecular complexity index is 350. The van der Waals surface area contributed by atoms with Gasteiger partial charge in [-0.1, -0.05) is 0 Å². The van der Waals surface area contributed by atoms with Crippen molar-refractivity contribution in [3.8, 4) is 0 Å². The van der Waals surface area contributed by atoms with Gasteiger partial charge in [-0.25, -0.2) is 9.97 Å². The number of carbonyl (C=O) groups excluding carboxylic acids is 1. The lowest BCUT2D eigenvalue weighted by Gasteiger charge is -2.04. The average molecular weight is 318 g/mol. The van der Waals surface area contributed by atoms with Crippen LogP contribution in [0.2, 0.25) is 0 Å². The number of rotatable bonds is 4. The summed E-state index contributed by atoms with van der Waals surface area (Å²) in [6, 6.07) is 0.400. The van der Waals surface area contributed by atoms with Crippen molar-refractivity contribution >= 4 is 34.4 Å². The van der Waals surface area contributed by atoms with Crippen molar-refractivity contribution in [1.82, 2.24) is 15.3 Å². The lowest BCUT2D eigenvalue weighted by molar-refractivity contribution is -0.119. The Kier molecular flexibility index (Phi) is 3.34. The standard InChI is InChI=1S/C9H11IN4O/c10-6-3-11-9(12-4-6)13-5-8(15)14-7-1-2-7/h3-4,7H,1-2,5H2,(H,14,15)(H,11,12,13). The Morgan fingerprint density at radius 2 is 2.13 bits per heavy atom. The number of aromatic nitrogens is 2. The van der Waals surface area contributed by atoms with E-state index in [2.05, 4.69) is 43.2 Å². The summed E-state index contributed by atoms with van der Waals surface area (Å²) in [5.74, 6) is 0.487. The lowest BCUT2D eigenvalue weighted by Crippen LogP contribution is -2.31. The fraction of sp³-hybridized carbons (Fsp3) is 0.444. The molecule has 1 heterocycles. The molecule has 1 amide bonds. The molecule has 0 spiro atoms. The zero-order chi connectivity index (χ0) is 10.7. The number of nitrogens with zero attached hydrogens (tertiary/aromatic N) is 2. The van der Waals surface area contributed by atoms with Gasteiger partial charge < -0.3 is 10.6 Å². The highest BCUT2D eigenvalue weighted by atomic mass is 127. The molecular formula is C9H11IN4O. The molecule has 2 rings (SSSR count). The van der Waals surface area contributed by atoms with Crippen LogP contribution < -0.4 is 10.6 Å². The fourth-order valence-corrected chi connectivity index (χ4v) is 1.35. The molecular weight excluding hydrogens is 307 g/mol. The van der Waals surface area contributed by atoms with Gasteiger partial charge in [0.15, 0.2) is 0 Å². The third-order valence-electron chi connectivity index (χ3n) is 1.97. The summed E-state index contributed by atoms with van der Waals surface area (Å²) in [6.07, 6.45) is 5.61. The second-order valence-electron chi connectivity index (χ2n) is 3.42. The van der Waals surface area contributed by atoms with Gasteiger partial charge >= 0.3 is 0 Å². The van der Waals surface area contributed by atoms with Crippen molar-refractivity contribution in [3.05, 3.63) is 16.0 Å². The first kappa shape index (κ1) is 10.6. The van der Waals surface area contributed by atoms with Gasteiger partial charge in [0.2, 0.25) is 11.9 Å². The van der Waals surface area contributed by atoms with Crippen LogP contribution in [0, 0.1) is 3.57 Å². The van der Waals surface area contributed by atoms with Crippen LogP contribution in [0.1, 0.15) is 12.8 Å². The quantitative estimate of drug-likeness (QED) is 0.805. The van der Waals surface area contributed by atoms with Crippen molar-refractivity contribution < 1.29 is 4.79 Å². The van der Waals surface area contributed by atoms with Crippen LogP contribution in [0.25, 0.3) is 0 Å². The largest absolute Gasteiger partial charge is 0.352 e. The Hall–Kier alpha value is -0.920. The molecule has 6 heteroatoms. The normalized spacial score (nSPS) is 14.7. The summed E-state index contributed by atoms with van der Waals surface area (Å²) < 4.78 is 0.973. The fourth-order valence-electron chi connectivity index (χ4n) is 1.07. The summed E-state index contributed by atoms with van der Waals surface area (Å²) in [5.41, 5.74) is 0. The number of anilines is 1. The van der Waals surface area contributed by atoms with Gasteiger partial charge in [0.1, 0.15) is 0 Å². The van der Waals surface area contributed by atoms with E-state index in [0.29, 0.717) is 12.0 Å². The van der Waals surface area contributed by atoms with Crippen LogP contribution in [-0.4, -0.2) is 28.5 Å². The lowest BCUT2D eigenvalue weighted by atomic mass is 10.5. The van der Waals surface area contributed by atoms with E-state index in [1.807, 2.05) is 0 Å². The second kappa shape index (κ2) is 4.73. The van der Waals surface area contributed by atoms with Crippen molar-refractivity contribution in [2.75, 3.05) is 11.9 Å². The van der Waals surface area contributed by atoms with E-state index in [1.54, 1.807) is 12.4 Å². The van der Waals surface area contributed by atoms with E-state index in [9.17, 15) is 4.79 Å². The van der Waals surface area contributed by atoms with Crippen LogP contribution in [0.15, 0.2) is 12.4 Å². The van der Waals surface area contributed by atoms with Gasteiger partial charge in [-0.15, -0.1) is 0 Å². The molecule has 1 aliphatic carbocycles. The first-order valence-electron chi connectivity index (χ1n) is 4.75. The molecule has 0 radical (unpaired) electrons. The van der Waals surface area contributed by atoms with Gasteiger partial charge in [-0.2, -0.15) is 0 Å². The molecule has 80 valence electrons. The maximum absolute atomic E-state index is 11.3. The highest BCUT2D eigenvalue weighted by molar-refractivity contribution is 14.1. The van der Waals surface area contributed by atoms with E-state index >= 15 is 0 Å². The molecule has 0 bridgehead atoms. The molecule has 1 fully saturated rings. The minimum atomic E-state index is -0.000324. The summed E-state index contributed by atoms with van der Waals surface area (Å²) in [5, 5.41) is 5.74. The number of carbonyl (C=O) groups is 1. The van der Waals surface area contributed by atoms with Gasteiger partial charge in [0, 0.05) is 22.0 Å². The van der Waals surface area contributed by atoms with Gasteiger partial charge in [-0.3, -0.25) is 4.79 Å². The summed E-state index contributed by atoms with van der Waals surface area (Å²) in [4.78, 5) is 19.4. The number of nitrogens with one attached hydrogen (secondary N) is 2. The zero-order valence-corrected chi connectivity index (χ0v) is 10.2. The topological polar surface area (TPSA) is 66.9 Å². The molecule has 1 aromatic heterocycles. The monoisotopic (exact) mass is 318 g/mol. The number of halogens is 1. The average Bonchev–Trinajstić information content (AvgIpc) is 3.01. The maximum Gasteiger partial charge on any atom is 0.239 e. The first-order chi connectivity index (χ1) is 7.24. The van der Waals surface area contributed by atoms with E-state index in [0.717, 1.165) is 16.4 Å². The smallest absolute Gasteiger partial charge is 0.239 e. The van der Waals surface area contributed by atoms with Gasteiger partial charge in [0.05, 0.1) is 6.54 Å². The molecule has 0 aliphatic heterocycles. The predicted molar refractivity (Wildman–Crippen MR) is 64.4 cm³/mol. The molecule has 0 saturated heterocycles. The minimum Gasteiger partial charge on any atom is -0.352 e. The first-order valence-corrected chi connectivity index (χ1v) is 5.83. The summed E-state index contributed by atoms with van der Waals surface area (Å²) in [6.45, 7) is 0.233. The van der Waals surface area contributed by atoms with Crippen molar-refractivity contribution in [2.24, 2.45) is 0 Å². The van der Waals surface area contributed by atoms with Gasteiger partial charge in [-0.05, 0) is 35.4 Å². The zero-order valence-electron chi connectivity index (χ0n) is 8.03. The Morgan fingerprint density at radius 3 is 2.73 bits per heavy atom. The van der Waals surface area contributed by atoms with Crippen LogP contribution >= 0.6 is 22.6 Å². The van der Waals surface area contributed by atoms with Gasteiger partial charge in [0.25, 0.3) is 0 Å². The number of amides is 1. The SMILES string of the molecule is O=C(CNc1ncc(I)cn1)NC1CC1. The number of hydrogen-bond acceptors (Lipinski definition) is 4. The minimum absolute atomic E-state index is 0.000324. The van der Waals surface area contributed by atoms with E-state index < -0.39 is 0 Å². The Balaban J connectivity index is 1.76. The predicted octanol–water partition coefficient (Wildman–Crippen LogP) is 0.772. The number of hydrogen-bond donors (Lipinski definition) is 2. The van der Waals surface area contributed by atoms with Crippen LogP contribution in [0.3, 0.4) is 0 Å². The molecule has 2 N–H and O–H groups in total. The van der Waals surface area contributed by atoms with Crippen LogP contribution in [0.5, 0.6) is 0 Å². The third kappa shape index (κ3) is 3.61. The Labute approximate surface area is 101 Å². The highest BCUT2D eigenvalue weighted by Crippen LogP contribution is 2.18. The van der Waals surface area contributed by atoms with Crippen molar-refractivity contribution in [3.63, 3.8) is 0 Å². The molecule has 1 aliphatic rings. The van der Waals surface area contributed by atoms with E-state index in [4.69, 9.17) is 0 Å². The summed E-state index contributed by atoms with van der Waals surface area (Å²) in [7, 11) is 0.